The first-order chi connectivity index (χ1) is 14.2. The lowest BCUT2D eigenvalue weighted by Gasteiger charge is -2.15. The molecule has 11 heteroatoms. The summed E-state index contributed by atoms with van der Waals surface area (Å²) in [4.78, 5) is 5.99. The number of hydrogen-bond donors (Lipinski definition) is 0. The summed E-state index contributed by atoms with van der Waals surface area (Å²) in [7, 11) is 1.75. The average Bonchev–Trinajstić information content (AvgIpc) is 3.10. The number of aromatic nitrogens is 2. The van der Waals surface area contributed by atoms with E-state index < -0.39 is 13.0 Å². The molecule has 30 heavy (non-hydrogen) atoms. The summed E-state index contributed by atoms with van der Waals surface area (Å²) in [6.45, 7) is -2.38. The highest BCUT2D eigenvalue weighted by molar-refractivity contribution is 5.63. The van der Waals surface area contributed by atoms with Gasteiger partial charge in [0, 0.05) is 6.54 Å². The van der Waals surface area contributed by atoms with E-state index in [9.17, 15) is 22.0 Å². The zero-order valence-electron chi connectivity index (χ0n) is 15.6. The third-order valence-corrected chi connectivity index (χ3v) is 3.83. The molecular formula is C19H16F5N3O3. The quantitative estimate of drug-likeness (QED) is 0.477. The molecular weight excluding hydrogens is 413 g/mol. The second kappa shape index (κ2) is 9.08. The van der Waals surface area contributed by atoms with E-state index >= 15 is 0 Å². The Morgan fingerprint density at radius 3 is 2.40 bits per heavy atom. The first-order valence-electron chi connectivity index (χ1n) is 8.59. The minimum absolute atomic E-state index is 0.0747. The van der Waals surface area contributed by atoms with Crippen molar-refractivity contribution in [2.75, 3.05) is 7.05 Å². The van der Waals surface area contributed by atoms with E-state index in [0.29, 0.717) is 6.54 Å². The second-order valence-corrected chi connectivity index (χ2v) is 6.25. The Hall–Kier alpha value is -3.21. The fourth-order valence-corrected chi connectivity index (χ4v) is 2.67. The number of benzene rings is 2. The van der Waals surface area contributed by atoms with Crippen molar-refractivity contribution in [1.82, 2.24) is 15.0 Å². The van der Waals surface area contributed by atoms with Gasteiger partial charge < -0.3 is 14.0 Å². The van der Waals surface area contributed by atoms with Crippen LogP contribution in [0.5, 0.6) is 11.5 Å². The first-order valence-corrected chi connectivity index (χ1v) is 8.59. The highest BCUT2D eigenvalue weighted by atomic mass is 19.4. The third-order valence-electron chi connectivity index (χ3n) is 3.83. The van der Waals surface area contributed by atoms with Crippen molar-refractivity contribution in [2.45, 2.75) is 26.1 Å². The molecule has 160 valence electrons. The van der Waals surface area contributed by atoms with Crippen LogP contribution in [-0.4, -0.2) is 35.1 Å². The molecule has 0 saturated carbocycles. The highest BCUT2D eigenvalue weighted by Gasteiger charge is 2.31. The van der Waals surface area contributed by atoms with Gasteiger partial charge >= 0.3 is 13.0 Å². The number of ether oxygens (including phenoxy) is 2. The van der Waals surface area contributed by atoms with Gasteiger partial charge in [-0.3, -0.25) is 4.90 Å². The van der Waals surface area contributed by atoms with Crippen molar-refractivity contribution in [3.8, 4) is 22.9 Å². The summed E-state index contributed by atoms with van der Waals surface area (Å²) >= 11 is 0. The van der Waals surface area contributed by atoms with Gasteiger partial charge in [0.25, 0.3) is 0 Å². The van der Waals surface area contributed by atoms with Crippen LogP contribution in [0.15, 0.2) is 53.1 Å². The molecule has 0 atom stereocenters. The lowest BCUT2D eigenvalue weighted by molar-refractivity contribution is -0.274. The fraction of sp³-hybridized carbons (Fsp3) is 0.263. The monoisotopic (exact) mass is 429 g/mol. The maximum Gasteiger partial charge on any atom is 0.573 e. The van der Waals surface area contributed by atoms with Gasteiger partial charge in [0.05, 0.1) is 12.1 Å². The van der Waals surface area contributed by atoms with E-state index in [4.69, 9.17) is 4.52 Å². The molecule has 2 aromatic carbocycles. The molecule has 0 bridgehead atoms. The minimum atomic E-state index is -4.74. The summed E-state index contributed by atoms with van der Waals surface area (Å²) in [6, 6.07) is 11.5. The smallest absolute Gasteiger partial charge is 0.434 e. The molecule has 0 spiro atoms. The third kappa shape index (κ3) is 6.14. The topological polar surface area (TPSA) is 60.6 Å². The molecule has 3 rings (SSSR count). The molecule has 0 unspecified atom stereocenters. The number of nitrogens with zero attached hydrogens (tertiary/aromatic N) is 3. The molecule has 0 fully saturated rings. The molecule has 0 aliphatic heterocycles. The van der Waals surface area contributed by atoms with Crippen molar-refractivity contribution in [3.05, 3.63) is 60.0 Å². The molecule has 0 aliphatic rings. The van der Waals surface area contributed by atoms with Crippen LogP contribution in [0, 0.1) is 0 Å². The lowest BCUT2D eigenvalue weighted by atomic mass is 10.2. The predicted molar refractivity (Wildman–Crippen MR) is 94.7 cm³/mol. The highest BCUT2D eigenvalue weighted by Crippen LogP contribution is 2.29. The molecule has 0 aliphatic carbocycles. The Bertz CT molecular complexity index is 961. The summed E-state index contributed by atoms with van der Waals surface area (Å²) in [5.74, 6) is -0.0471. The van der Waals surface area contributed by atoms with Gasteiger partial charge in [-0.05, 0) is 36.9 Å². The van der Waals surface area contributed by atoms with Crippen molar-refractivity contribution in [2.24, 2.45) is 0 Å². The minimum Gasteiger partial charge on any atom is -0.434 e. The zero-order valence-corrected chi connectivity index (χ0v) is 15.6. The van der Waals surface area contributed by atoms with Crippen LogP contribution in [0.25, 0.3) is 11.4 Å². The number of rotatable bonds is 8. The average molecular weight is 429 g/mol. The van der Waals surface area contributed by atoms with E-state index in [0.717, 1.165) is 5.56 Å². The standard InChI is InChI=1S/C19H16F5N3O3/c1-27(10-12-6-8-13(9-7-12)29-19(22,23)24)11-16-25-17(26-30-16)14-4-2-3-5-15(14)28-18(20)21/h2-9,18H,10-11H2,1H3. The predicted octanol–water partition coefficient (Wildman–Crippen LogP) is 4.87. The van der Waals surface area contributed by atoms with Crippen LogP contribution in [0.4, 0.5) is 22.0 Å². The largest absolute Gasteiger partial charge is 0.573 e. The van der Waals surface area contributed by atoms with Crippen LogP contribution in [-0.2, 0) is 13.1 Å². The second-order valence-electron chi connectivity index (χ2n) is 6.25. The Labute approximate surface area is 167 Å². The van der Waals surface area contributed by atoms with Gasteiger partial charge in [-0.25, -0.2) is 0 Å². The normalized spacial score (nSPS) is 11.9. The van der Waals surface area contributed by atoms with Gasteiger partial charge in [-0.1, -0.05) is 29.4 Å². The Kier molecular flexibility index (Phi) is 6.50. The van der Waals surface area contributed by atoms with E-state index in [-0.39, 0.29) is 35.3 Å². The molecule has 0 N–H and O–H groups in total. The van der Waals surface area contributed by atoms with Crippen LogP contribution < -0.4 is 9.47 Å². The van der Waals surface area contributed by atoms with E-state index in [1.165, 1.54) is 36.4 Å². The van der Waals surface area contributed by atoms with Crippen LogP contribution >= 0.6 is 0 Å². The van der Waals surface area contributed by atoms with Crippen LogP contribution in [0.3, 0.4) is 0 Å². The van der Waals surface area contributed by atoms with Gasteiger partial charge in [0.2, 0.25) is 11.7 Å². The zero-order chi connectivity index (χ0) is 21.7. The molecule has 0 amide bonds. The van der Waals surface area contributed by atoms with Gasteiger partial charge in [0.15, 0.2) is 0 Å². The maximum absolute atomic E-state index is 12.5. The molecule has 1 aromatic heterocycles. The number of halogens is 5. The van der Waals surface area contributed by atoms with Crippen molar-refractivity contribution in [1.29, 1.82) is 0 Å². The SMILES string of the molecule is CN(Cc1ccc(OC(F)(F)F)cc1)Cc1nc(-c2ccccc2OC(F)F)no1. The van der Waals surface area contributed by atoms with E-state index in [2.05, 4.69) is 19.6 Å². The van der Waals surface area contributed by atoms with E-state index in [1.807, 2.05) is 0 Å². The van der Waals surface area contributed by atoms with Gasteiger partial charge in [-0.15, -0.1) is 13.2 Å². The Morgan fingerprint density at radius 2 is 1.73 bits per heavy atom. The molecule has 1 heterocycles. The summed E-state index contributed by atoms with van der Waals surface area (Å²) in [5, 5.41) is 3.80. The molecule has 6 nitrogen and oxygen atoms in total. The molecule has 0 saturated heterocycles. The first kappa shape index (κ1) is 21.5. The summed E-state index contributed by atoms with van der Waals surface area (Å²) in [5.41, 5.74) is 0.998. The summed E-state index contributed by atoms with van der Waals surface area (Å²) in [6.07, 6.45) is -4.74. The van der Waals surface area contributed by atoms with Crippen molar-refractivity contribution >= 4 is 0 Å². The van der Waals surface area contributed by atoms with E-state index in [1.54, 1.807) is 24.1 Å². The molecule has 0 radical (unpaired) electrons. The van der Waals surface area contributed by atoms with Crippen molar-refractivity contribution in [3.63, 3.8) is 0 Å². The van der Waals surface area contributed by atoms with Crippen molar-refractivity contribution < 1.29 is 35.9 Å². The van der Waals surface area contributed by atoms with Gasteiger partial charge in [0.1, 0.15) is 11.5 Å². The number of alkyl halides is 5. The number of hydrogen-bond acceptors (Lipinski definition) is 6. The lowest BCUT2D eigenvalue weighted by Crippen LogP contribution is -2.18. The summed E-state index contributed by atoms with van der Waals surface area (Å²) < 4.78 is 75.2. The Balaban J connectivity index is 1.62. The maximum atomic E-state index is 12.5. The molecule has 3 aromatic rings. The fourth-order valence-electron chi connectivity index (χ4n) is 2.67. The van der Waals surface area contributed by atoms with Crippen LogP contribution in [0.1, 0.15) is 11.5 Å². The van der Waals surface area contributed by atoms with Crippen LogP contribution in [0.2, 0.25) is 0 Å². The van der Waals surface area contributed by atoms with Gasteiger partial charge in [-0.2, -0.15) is 13.8 Å². The number of para-hydroxylation sites is 1. The Morgan fingerprint density at radius 1 is 1.03 bits per heavy atom.